The number of amides is 2. The van der Waals surface area contributed by atoms with Gasteiger partial charge in [0, 0.05) is 15.6 Å². The Hall–Kier alpha value is -2.67. The molecule has 2 aromatic carbocycles. The Labute approximate surface area is 140 Å². The Balaban J connectivity index is 2.00. The fraction of sp³-hybridized carbons (Fsp3) is 0.0625. The summed E-state index contributed by atoms with van der Waals surface area (Å²) in [7, 11) is 1.26. The molecule has 7 heteroatoms. The van der Waals surface area contributed by atoms with E-state index in [9.17, 15) is 14.4 Å². The number of rotatable bonds is 3. The predicted octanol–water partition coefficient (Wildman–Crippen LogP) is 2.31. The Bertz CT molecular complexity index is 744. The normalized spacial score (nSPS) is 9.83. The maximum absolute atomic E-state index is 12.0. The third kappa shape index (κ3) is 4.40. The molecule has 0 spiro atoms. The van der Waals surface area contributed by atoms with Gasteiger partial charge in [-0.05, 0) is 42.5 Å². The second-order valence-corrected chi connectivity index (χ2v) is 5.40. The highest BCUT2D eigenvalue weighted by Gasteiger charge is 2.12. The second kappa shape index (κ2) is 7.55. The molecule has 0 fully saturated rings. The summed E-state index contributed by atoms with van der Waals surface area (Å²) in [6, 6.07) is 12.7. The Morgan fingerprint density at radius 1 is 0.870 bits per heavy atom. The molecule has 2 N–H and O–H groups in total. The van der Waals surface area contributed by atoms with Crippen LogP contribution in [0.15, 0.2) is 53.0 Å². The molecule has 0 saturated heterocycles. The average Bonchev–Trinajstić information content (AvgIpc) is 2.59. The molecule has 2 rings (SSSR count). The lowest BCUT2D eigenvalue weighted by atomic mass is 10.1. The molecule has 0 radical (unpaired) electrons. The van der Waals surface area contributed by atoms with Gasteiger partial charge < -0.3 is 4.74 Å². The molecule has 0 bridgehead atoms. The van der Waals surface area contributed by atoms with Crippen molar-refractivity contribution in [1.82, 2.24) is 10.9 Å². The van der Waals surface area contributed by atoms with Crippen LogP contribution in [0.1, 0.15) is 31.1 Å². The number of methoxy groups -OCH3 is 1. The van der Waals surface area contributed by atoms with E-state index in [-0.39, 0.29) is 11.1 Å². The molecular weight excluding hydrogens is 364 g/mol. The highest BCUT2D eigenvalue weighted by Crippen LogP contribution is 2.10. The highest BCUT2D eigenvalue weighted by atomic mass is 79.9. The van der Waals surface area contributed by atoms with Gasteiger partial charge in [-0.25, -0.2) is 4.79 Å². The van der Waals surface area contributed by atoms with Crippen molar-refractivity contribution in [1.29, 1.82) is 0 Å². The van der Waals surface area contributed by atoms with Crippen molar-refractivity contribution in [2.24, 2.45) is 0 Å². The zero-order chi connectivity index (χ0) is 16.8. The topological polar surface area (TPSA) is 84.5 Å². The average molecular weight is 377 g/mol. The van der Waals surface area contributed by atoms with Crippen molar-refractivity contribution in [3.8, 4) is 0 Å². The minimum atomic E-state index is -0.543. The zero-order valence-electron chi connectivity index (χ0n) is 12.1. The Morgan fingerprint density at radius 2 is 1.43 bits per heavy atom. The molecule has 0 heterocycles. The van der Waals surface area contributed by atoms with Gasteiger partial charge in [0.1, 0.15) is 0 Å². The van der Waals surface area contributed by atoms with Crippen LogP contribution in [0.2, 0.25) is 0 Å². The maximum atomic E-state index is 12.0. The maximum Gasteiger partial charge on any atom is 0.337 e. The lowest BCUT2D eigenvalue weighted by Crippen LogP contribution is -2.41. The molecule has 0 aliphatic rings. The van der Waals surface area contributed by atoms with Gasteiger partial charge in [0.15, 0.2) is 0 Å². The molecule has 6 nitrogen and oxygen atoms in total. The van der Waals surface area contributed by atoms with Crippen molar-refractivity contribution < 1.29 is 19.1 Å². The molecule has 0 aliphatic carbocycles. The molecule has 0 saturated carbocycles. The third-order valence-corrected chi connectivity index (χ3v) is 3.47. The van der Waals surface area contributed by atoms with Crippen LogP contribution < -0.4 is 10.9 Å². The number of esters is 1. The van der Waals surface area contributed by atoms with Crippen molar-refractivity contribution in [2.75, 3.05) is 7.11 Å². The Kier molecular flexibility index (Phi) is 5.48. The first-order valence-corrected chi connectivity index (χ1v) is 7.35. The van der Waals surface area contributed by atoms with Gasteiger partial charge in [0.25, 0.3) is 11.8 Å². The summed E-state index contributed by atoms with van der Waals surface area (Å²) in [6.07, 6.45) is 0. The standard InChI is InChI=1S/C16H13BrN2O4/c1-23-16(22)12-4-2-3-11(9-12)15(21)19-18-14(20)10-5-7-13(17)8-6-10/h2-9H,1H3,(H,18,20)(H,19,21). The predicted molar refractivity (Wildman–Crippen MR) is 86.9 cm³/mol. The number of carbonyl (C=O) groups excluding carboxylic acids is 3. The molecule has 0 aliphatic heterocycles. The van der Waals surface area contributed by atoms with E-state index in [1.165, 1.54) is 25.3 Å². The summed E-state index contributed by atoms with van der Waals surface area (Å²) < 4.78 is 5.44. The van der Waals surface area contributed by atoms with Crippen LogP contribution in [-0.4, -0.2) is 24.9 Å². The summed E-state index contributed by atoms with van der Waals surface area (Å²) >= 11 is 3.27. The van der Waals surface area contributed by atoms with Crippen molar-refractivity contribution >= 4 is 33.7 Å². The minimum absolute atomic E-state index is 0.226. The number of benzene rings is 2. The first kappa shape index (κ1) is 16.7. The molecule has 0 unspecified atom stereocenters. The van der Waals surface area contributed by atoms with E-state index >= 15 is 0 Å². The number of hydrazine groups is 1. The number of hydrogen-bond acceptors (Lipinski definition) is 4. The summed E-state index contributed by atoms with van der Waals surface area (Å²) in [4.78, 5) is 35.3. The molecule has 0 atom stereocenters. The van der Waals surface area contributed by atoms with Crippen LogP contribution in [0.5, 0.6) is 0 Å². The number of nitrogens with one attached hydrogen (secondary N) is 2. The minimum Gasteiger partial charge on any atom is -0.465 e. The van der Waals surface area contributed by atoms with Crippen LogP contribution in [0.3, 0.4) is 0 Å². The molecule has 2 amide bonds. The number of carbonyl (C=O) groups is 3. The van der Waals surface area contributed by atoms with Crippen molar-refractivity contribution in [2.45, 2.75) is 0 Å². The quantitative estimate of drug-likeness (QED) is 0.635. The van der Waals surface area contributed by atoms with Gasteiger partial charge in [0.2, 0.25) is 0 Å². The van der Waals surface area contributed by atoms with Crippen LogP contribution in [-0.2, 0) is 4.74 Å². The van der Waals surface area contributed by atoms with Gasteiger partial charge >= 0.3 is 5.97 Å². The lowest BCUT2D eigenvalue weighted by Gasteiger charge is -2.08. The van der Waals surface area contributed by atoms with Gasteiger partial charge in [0.05, 0.1) is 12.7 Å². The zero-order valence-corrected chi connectivity index (χ0v) is 13.7. The van der Waals surface area contributed by atoms with Gasteiger partial charge in [-0.15, -0.1) is 0 Å². The number of ether oxygens (including phenoxy) is 1. The highest BCUT2D eigenvalue weighted by molar-refractivity contribution is 9.10. The van der Waals surface area contributed by atoms with E-state index in [2.05, 4.69) is 31.5 Å². The molecule has 118 valence electrons. The summed E-state index contributed by atoms with van der Waals surface area (Å²) in [5.74, 6) is -1.53. The third-order valence-electron chi connectivity index (χ3n) is 2.94. The lowest BCUT2D eigenvalue weighted by molar-refractivity contribution is 0.0600. The largest absolute Gasteiger partial charge is 0.465 e. The number of halogens is 1. The van der Waals surface area contributed by atoms with Gasteiger partial charge in [-0.3, -0.25) is 20.4 Å². The first-order valence-electron chi connectivity index (χ1n) is 6.56. The smallest absolute Gasteiger partial charge is 0.337 e. The van der Waals surface area contributed by atoms with Crippen LogP contribution in [0.4, 0.5) is 0 Å². The molecule has 0 aromatic heterocycles. The SMILES string of the molecule is COC(=O)c1cccc(C(=O)NNC(=O)c2ccc(Br)cc2)c1. The van der Waals surface area contributed by atoms with E-state index in [0.717, 1.165) is 4.47 Å². The van der Waals surface area contributed by atoms with Gasteiger partial charge in [-0.2, -0.15) is 0 Å². The summed E-state index contributed by atoms with van der Waals surface area (Å²) in [5.41, 5.74) is 5.48. The fourth-order valence-electron chi connectivity index (χ4n) is 1.76. The van der Waals surface area contributed by atoms with Gasteiger partial charge in [-0.1, -0.05) is 22.0 Å². The Morgan fingerprint density at radius 3 is 2.04 bits per heavy atom. The molecule has 2 aromatic rings. The van der Waals surface area contributed by atoms with Crippen molar-refractivity contribution in [3.05, 3.63) is 69.7 Å². The van der Waals surface area contributed by atoms with E-state index in [1.807, 2.05) is 0 Å². The first-order chi connectivity index (χ1) is 11.0. The van der Waals surface area contributed by atoms with Crippen LogP contribution >= 0.6 is 15.9 Å². The fourth-order valence-corrected chi connectivity index (χ4v) is 2.03. The summed E-state index contributed by atoms with van der Waals surface area (Å²) in [5, 5.41) is 0. The second-order valence-electron chi connectivity index (χ2n) is 4.49. The van der Waals surface area contributed by atoms with E-state index in [4.69, 9.17) is 0 Å². The number of hydrogen-bond donors (Lipinski definition) is 2. The van der Waals surface area contributed by atoms with E-state index in [1.54, 1.807) is 30.3 Å². The van der Waals surface area contributed by atoms with E-state index in [0.29, 0.717) is 5.56 Å². The summed E-state index contributed by atoms with van der Waals surface area (Å²) in [6.45, 7) is 0. The van der Waals surface area contributed by atoms with Crippen LogP contribution in [0, 0.1) is 0 Å². The van der Waals surface area contributed by atoms with Crippen LogP contribution in [0.25, 0.3) is 0 Å². The van der Waals surface area contributed by atoms with E-state index < -0.39 is 17.8 Å². The molecular formula is C16H13BrN2O4. The monoisotopic (exact) mass is 376 g/mol. The van der Waals surface area contributed by atoms with Crippen molar-refractivity contribution in [3.63, 3.8) is 0 Å². The molecule has 23 heavy (non-hydrogen) atoms.